The van der Waals surface area contributed by atoms with Crippen LogP contribution < -0.4 is 4.72 Å². The standard InChI is InChI=1S/C11H17BrClNO2S2/c1-3-9(4-5-12)7-14-18(15,16)10-6-8(2)11(13)17-10/h6,9,14H,3-5,7H2,1-2H3. The first-order valence-electron chi connectivity index (χ1n) is 5.72. The van der Waals surface area contributed by atoms with Crippen LogP contribution in [-0.4, -0.2) is 20.3 Å². The van der Waals surface area contributed by atoms with E-state index in [2.05, 4.69) is 27.6 Å². The van der Waals surface area contributed by atoms with Crippen LogP contribution in [0.3, 0.4) is 0 Å². The smallest absolute Gasteiger partial charge is 0.210 e. The Morgan fingerprint density at radius 3 is 2.67 bits per heavy atom. The summed E-state index contributed by atoms with van der Waals surface area (Å²) in [5.41, 5.74) is 0.801. The molecule has 0 saturated carbocycles. The molecule has 0 aliphatic carbocycles. The van der Waals surface area contributed by atoms with Gasteiger partial charge in [0.25, 0.3) is 0 Å². The van der Waals surface area contributed by atoms with Crippen LogP contribution in [0, 0.1) is 12.8 Å². The molecule has 0 aromatic carbocycles. The highest BCUT2D eigenvalue weighted by molar-refractivity contribution is 9.09. The van der Waals surface area contributed by atoms with Gasteiger partial charge in [-0.1, -0.05) is 40.9 Å². The lowest BCUT2D eigenvalue weighted by Gasteiger charge is -2.13. The molecule has 1 unspecified atom stereocenters. The van der Waals surface area contributed by atoms with Crippen LogP contribution in [-0.2, 0) is 10.0 Å². The van der Waals surface area contributed by atoms with Gasteiger partial charge in [0.1, 0.15) is 4.21 Å². The van der Waals surface area contributed by atoms with Gasteiger partial charge in [0.15, 0.2) is 0 Å². The summed E-state index contributed by atoms with van der Waals surface area (Å²) in [5, 5.41) is 0.886. The summed E-state index contributed by atoms with van der Waals surface area (Å²) in [5.74, 6) is 0.357. The van der Waals surface area contributed by atoms with E-state index in [1.54, 1.807) is 13.0 Å². The number of rotatable bonds is 7. The third kappa shape index (κ3) is 4.49. The summed E-state index contributed by atoms with van der Waals surface area (Å²) in [4.78, 5) is 0. The van der Waals surface area contributed by atoms with Gasteiger partial charge in [0.05, 0.1) is 4.34 Å². The Morgan fingerprint density at radius 1 is 1.56 bits per heavy atom. The molecule has 0 radical (unpaired) electrons. The maximum Gasteiger partial charge on any atom is 0.250 e. The molecule has 1 atom stereocenters. The fourth-order valence-corrected chi connectivity index (χ4v) is 4.98. The van der Waals surface area contributed by atoms with Crippen molar-refractivity contribution in [3.05, 3.63) is 16.0 Å². The lowest BCUT2D eigenvalue weighted by atomic mass is 10.0. The van der Waals surface area contributed by atoms with Crippen LogP contribution >= 0.6 is 38.9 Å². The highest BCUT2D eigenvalue weighted by atomic mass is 79.9. The Bertz CT molecular complexity index is 468. The second-order valence-electron chi connectivity index (χ2n) is 4.13. The van der Waals surface area contributed by atoms with Crippen molar-refractivity contribution in [2.24, 2.45) is 5.92 Å². The second kappa shape index (κ2) is 7.24. The van der Waals surface area contributed by atoms with Gasteiger partial charge >= 0.3 is 0 Å². The van der Waals surface area contributed by atoms with Gasteiger partial charge in [-0.05, 0) is 30.9 Å². The zero-order chi connectivity index (χ0) is 13.8. The molecule has 18 heavy (non-hydrogen) atoms. The van der Waals surface area contributed by atoms with E-state index in [0.717, 1.165) is 35.1 Å². The van der Waals surface area contributed by atoms with Crippen LogP contribution in [0.4, 0.5) is 0 Å². The number of halogens is 2. The molecular formula is C11H17BrClNO2S2. The number of thiophene rings is 1. The van der Waals surface area contributed by atoms with E-state index in [1.807, 2.05) is 0 Å². The summed E-state index contributed by atoms with van der Waals surface area (Å²) in [6.07, 6.45) is 1.92. The molecule has 0 aliphatic heterocycles. The van der Waals surface area contributed by atoms with Crippen LogP contribution in [0.2, 0.25) is 4.34 Å². The Morgan fingerprint density at radius 2 is 2.22 bits per heavy atom. The van der Waals surface area contributed by atoms with Crippen molar-refractivity contribution in [3.8, 4) is 0 Å². The molecule has 1 N–H and O–H groups in total. The minimum Gasteiger partial charge on any atom is -0.210 e. The van der Waals surface area contributed by atoms with E-state index in [0.29, 0.717) is 21.0 Å². The predicted octanol–water partition coefficient (Wildman–Crippen LogP) is 3.80. The molecule has 0 amide bonds. The predicted molar refractivity (Wildman–Crippen MR) is 81.4 cm³/mol. The first-order chi connectivity index (χ1) is 8.40. The van der Waals surface area contributed by atoms with Crippen LogP contribution in [0.5, 0.6) is 0 Å². The SMILES string of the molecule is CCC(CCBr)CNS(=O)(=O)c1cc(C)c(Cl)s1. The highest BCUT2D eigenvalue weighted by Crippen LogP contribution is 2.30. The van der Waals surface area contributed by atoms with Gasteiger partial charge in [-0.3, -0.25) is 0 Å². The van der Waals surface area contributed by atoms with E-state index in [9.17, 15) is 8.42 Å². The highest BCUT2D eigenvalue weighted by Gasteiger charge is 2.19. The topological polar surface area (TPSA) is 46.2 Å². The first-order valence-corrected chi connectivity index (χ1v) is 9.52. The van der Waals surface area contributed by atoms with Crippen molar-refractivity contribution in [2.45, 2.75) is 30.9 Å². The van der Waals surface area contributed by atoms with Gasteiger partial charge in [0, 0.05) is 11.9 Å². The number of hydrogen-bond donors (Lipinski definition) is 1. The lowest BCUT2D eigenvalue weighted by molar-refractivity contribution is 0.483. The van der Waals surface area contributed by atoms with Gasteiger partial charge in [0.2, 0.25) is 10.0 Å². The van der Waals surface area contributed by atoms with Crippen LogP contribution in [0.1, 0.15) is 25.3 Å². The molecule has 0 saturated heterocycles. The molecular weight excluding hydrogens is 358 g/mol. The van der Waals surface area contributed by atoms with E-state index in [1.165, 1.54) is 0 Å². The summed E-state index contributed by atoms with van der Waals surface area (Å²) < 4.78 is 27.6. The molecule has 104 valence electrons. The van der Waals surface area contributed by atoms with Crippen molar-refractivity contribution < 1.29 is 8.42 Å². The number of hydrogen-bond acceptors (Lipinski definition) is 3. The Hall–Kier alpha value is 0.380. The first kappa shape index (κ1) is 16.4. The average Bonchev–Trinajstić information content (AvgIpc) is 2.66. The summed E-state index contributed by atoms with van der Waals surface area (Å²) >= 11 is 10.4. The van der Waals surface area contributed by atoms with Gasteiger partial charge in [-0.2, -0.15) is 0 Å². The number of nitrogens with one attached hydrogen (secondary N) is 1. The number of alkyl halides is 1. The van der Waals surface area contributed by atoms with E-state index in [-0.39, 0.29) is 0 Å². The second-order valence-corrected chi connectivity index (χ2v) is 8.57. The van der Waals surface area contributed by atoms with Crippen molar-refractivity contribution >= 4 is 48.9 Å². The van der Waals surface area contributed by atoms with Crippen molar-refractivity contribution in [2.75, 3.05) is 11.9 Å². The minimum absolute atomic E-state index is 0.290. The molecule has 0 fully saturated rings. The molecule has 1 aromatic rings. The molecule has 1 aromatic heterocycles. The van der Waals surface area contributed by atoms with Crippen molar-refractivity contribution in [3.63, 3.8) is 0 Å². The number of aryl methyl sites for hydroxylation is 1. The summed E-state index contributed by atoms with van der Waals surface area (Å²) in [6.45, 7) is 4.34. The maximum absolute atomic E-state index is 12.1. The van der Waals surface area contributed by atoms with Crippen LogP contribution in [0.15, 0.2) is 10.3 Å². The van der Waals surface area contributed by atoms with Crippen LogP contribution in [0.25, 0.3) is 0 Å². The van der Waals surface area contributed by atoms with Gasteiger partial charge in [-0.25, -0.2) is 13.1 Å². The maximum atomic E-state index is 12.1. The Labute approximate surface area is 126 Å². The monoisotopic (exact) mass is 373 g/mol. The Balaban J connectivity index is 2.70. The third-order valence-corrected chi connectivity index (χ3v) is 6.67. The lowest BCUT2D eigenvalue weighted by Crippen LogP contribution is -2.29. The minimum atomic E-state index is -3.42. The fraction of sp³-hybridized carbons (Fsp3) is 0.636. The number of sulfonamides is 1. The zero-order valence-corrected chi connectivity index (χ0v) is 14.3. The molecule has 1 heterocycles. The quantitative estimate of drug-likeness (QED) is 0.738. The summed E-state index contributed by atoms with van der Waals surface area (Å²) in [7, 11) is -3.42. The molecule has 7 heteroatoms. The zero-order valence-electron chi connectivity index (χ0n) is 10.4. The van der Waals surface area contributed by atoms with Gasteiger partial charge in [-0.15, -0.1) is 11.3 Å². The summed E-state index contributed by atoms with van der Waals surface area (Å²) in [6, 6.07) is 1.61. The van der Waals surface area contributed by atoms with Crippen molar-refractivity contribution in [1.82, 2.24) is 4.72 Å². The molecule has 3 nitrogen and oxygen atoms in total. The molecule has 1 rings (SSSR count). The van der Waals surface area contributed by atoms with Gasteiger partial charge < -0.3 is 0 Å². The average molecular weight is 375 g/mol. The van der Waals surface area contributed by atoms with E-state index >= 15 is 0 Å². The fourth-order valence-electron chi connectivity index (χ4n) is 1.47. The Kier molecular flexibility index (Phi) is 6.61. The molecule has 0 aliphatic rings. The van der Waals surface area contributed by atoms with E-state index in [4.69, 9.17) is 11.6 Å². The largest absolute Gasteiger partial charge is 0.250 e. The van der Waals surface area contributed by atoms with E-state index < -0.39 is 10.0 Å². The van der Waals surface area contributed by atoms with Crippen molar-refractivity contribution in [1.29, 1.82) is 0 Å². The molecule has 0 spiro atoms. The normalized spacial score (nSPS) is 13.8. The molecule has 0 bridgehead atoms. The third-order valence-electron chi connectivity index (χ3n) is 2.76.